The molecule has 0 radical (unpaired) electrons. The molecule has 0 amide bonds. The fourth-order valence-electron chi connectivity index (χ4n) is 9.80. The molecule has 1 aromatic heterocycles. The van der Waals surface area contributed by atoms with E-state index < -0.39 is 5.41 Å². The number of fused-ring (bicyclic) bond motifs is 9. The van der Waals surface area contributed by atoms with Crippen molar-refractivity contribution in [2.45, 2.75) is 5.41 Å². The van der Waals surface area contributed by atoms with Crippen LogP contribution < -0.4 is 4.90 Å². The van der Waals surface area contributed by atoms with E-state index in [0.717, 1.165) is 50.3 Å². The molecule has 2 aliphatic rings. The summed E-state index contributed by atoms with van der Waals surface area (Å²) >= 11 is 0. The van der Waals surface area contributed by atoms with Gasteiger partial charge in [-0.1, -0.05) is 194 Å². The van der Waals surface area contributed by atoms with E-state index in [4.69, 9.17) is 15.0 Å². The minimum atomic E-state index is -0.502. The molecule has 1 aliphatic heterocycles. The molecule has 9 aromatic carbocycles. The Balaban J connectivity index is 1.04. The molecule has 4 nitrogen and oxygen atoms in total. The highest BCUT2D eigenvalue weighted by Gasteiger charge is 2.51. The maximum Gasteiger partial charge on any atom is 0.164 e. The predicted molar refractivity (Wildman–Crippen MR) is 253 cm³/mol. The fourth-order valence-corrected chi connectivity index (χ4v) is 9.80. The van der Waals surface area contributed by atoms with Crippen LogP contribution in [-0.2, 0) is 5.41 Å². The summed E-state index contributed by atoms with van der Waals surface area (Å²) in [5.41, 5.74) is 17.9. The highest BCUT2D eigenvalue weighted by molar-refractivity contribution is 5.97. The molecule has 0 bridgehead atoms. The van der Waals surface area contributed by atoms with E-state index in [1.807, 2.05) is 24.3 Å². The lowest BCUT2D eigenvalue weighted by molar-refractivity contribution is 0.753. The van der Waals surface area contributed by atoms with Crippen LogP contribution in [0.1, 0.15) is 22.3 Å². The summed E-state index contributed by atoms with van der Waals surface area (Å²) in [6, 6.07) is 82.3. The van der Waals surface area contributed by atoms with E-state index in [-0.39, 0.29) is 0 Å². The molecule has 0 fully saturated rings. The molecule has 12 rings (SSSR count). The first-order valence-electron chi connectivity index (χ1n) is 21.1. The van der Waals surface area contributed by atoms with Crippen LogP contribution in [0.3, 0.4) is 0 Å². The molecule has 0 unspecified atom stereocenters. The van der Waals surface area contributed by atoms with Gasteiger partial charge in [0.05, 0.1) is 16.8 Å². The van der Waals surface area contributed by atoms with Crippen molar-refractivity contribution in [2.75, 3.05) is 4.90 Å². The Morgan fingerprint density at radius 2 is 0.694 bits per heavy atom. The lowest BCUT2D eigenvalue weighted by Crippen LogP contribution is -2.36. The summed E-state index contributed by atoms with van der Waals surface area (Å²) in [5, 5.41) is 0. The van der Waals surface area contributed by atoms with Crippen LogP contribution in [0.4, 0.5) is 17.1 Å². The Kier molecular flexibility index (Phi) is 8.36. The van der Waals surface area contributed by atoms with Crippen LogP contribution in [0.5, 0.6) is 0 Å². The third-order valence-electron chi connectivity index (χ3n) is 12.5. The maximum atomic E-state index is 5.18. The van der Waals surface area contributed by atoms with Gasteiger partial charge in [0.2, 0.25) is 0 Å². The minimum absolute atomic E-state index is 0.502. The van der Waals surface area contributed by atoms with Crippen LogP contribution in [0, 0.1) is 0 Å². The monoisotopic (exact) mass is 790 g/mol. The van der Waals surface area contributed by atoms with Gasteiger partial charge in [-0.15, -0.1) is 0 Å². The predicted octanol–water partition coefficient (Wildman–Crippen LogP) is 14.4. The number of hydrogen-bond acceptors (Lipinski definition) is 4. The van der Waals surface area contributed by atoms with E-state index in [1.165, 1.54) is 39.1 Å². The maximum absolute atomic E-state index is 5.18. The molecular weight excluding hydrogens is 753 g/mol. The summed E-state index contributed by atoms with van der Waals surface area (Å²) < 4.78 is 0. The quantitative estimate of drug-likeness (QED) is 0.168. The van der Waals surface area contributed by atoms with Gasteiger partial charge in [-0.2, -0.15) is 0 Å². The van der Waals surface area contributed by atoms with Crippen LogP contribution in [0.2, 0.25) is 0 Å². The van der Waals surface area contributed by atoms with Gasteiger partial charge in [0, 0.05) is 22.4 Å². The van der Waals surface area contributed by atoms with E-state index in [0.29, 0.717) is 17.5 Å². The SMILES string of the molecule is c1ccc(-c2cccc(-c3nc(-c4ccccc4)nc(-c4cccc(-c5ccc6c(c5)N(c5ccccc5)c5ccccc5C65c6ccccc6-c6ccccc65)c4)n3)c2)cc1. The number of benzene rings is 9. The average molecular weight is 791 g/mol. The van der Waals surface area contributed by atoms with Crippen molar-refractivity contribution in [3.63, 3.8) is 0 Å². The highest BCUT2D eigenvalue weighted by atomic mass is 15.2. The van der Waals surface area contributed by atoms with E-state index in [1.54, 1.807) is 0 Å². The van der Waals surface area contributed by atoms with Crippen molar-refractivity contribution in [2.24, 2.45) is 0 Å². The van der Waals surface area contributed by atoms with Gasteiger partial charge in [0.15, 0.2) is 17.5 Å². The summed E-state index contributed by atoms with van der Waals surface area (Å²) in [6.45, 7) is 0. The molecule has 2 heterocycles. The first-order chi connectivity index (χ1) is 30.7. The number of hydrogen-bond donors (Lipinski definition) is 0. The number of anilines is 3. The minimum Gasteiger partial charge on any atom is -0.310 e. The van der Waals surface area contributed by atoms with Gasteiger partial charge in [0.25, 0.3) is 0 Å². The topological polar surface area (TPSA) is 41.9 Å². The Hall–Kier alpha value is -8.21. The zero-order valence-corrected chi connectivity index (χ0v) is 33.7. The van der Waals surface area contributed by atoms with Crippen molar-refractivity contribution in [3.05, 3.63) is 253 Å². The first-order valence-corrected chi connectivity index (χ1v) is 21.1. The molecule has 1 aliphatic carbocycles. The molecule has 62 heavy (non-hydrogen) atoms. The van der Waals surface area contributed by atoms with Crippen molar-refractivity contribution < 1.29 is 0 Å². The Morgan fingerprint density at radius 3 is 1.31 bits per heavy atom. The van der Waals surface area contributed by atoms with Crippen molar-refractivity contribution in [1.82, 2.24) is 15.0 Å². The molecule has 0 N–H and O–H groups in total. The molecule has 0 atom stereocenters. The molecule has 0 saturated carbocycles. The zero-order valence-electron chi connectivity index (χ0n) is 33.7. The number of nitrogens with zero attached hydrogens (tertiary/aromatic N) is 4. The normalized spacial score (nSPS) is 12.9. The van der Waals surface area contributed by atoms with Crippen LogP contribution in [0.15, 0.2) is 231 Å². The Morgan fingerprint density at radius 1 is 0.274 bits per heavy atom. The first kappa shape index (κ1) is 35.7. The lowest BCUT2D eigenvalue weighted by atomic mass is 9.64. The van der Waals surface area contributed by atoms with Crippen molar-refractivity contribution >= 4 is 17.1 Å². The molecule has 290 valence electrons. The summed E-state index contributed by atoms with van der Waals surface area (Å²) in [6.07, 6.45) is 0. The van der Waals surface area contributed by atoms with Gasteiger partial charge in [-0.25, -0.2) is 15.0 Å². The zero-order chi connectivity index (χ0) is 41.0. The second-order valence-electron chi connectivity index (χ2n) is 16.0. The second-order valence-corrected chi connectivity index (χ2v) is 16.0. The third kappa shape index (κ3) is 5.65. The number of para-hydroxylation sites is 2. The van der Waals surface area contributed by atoms with Crippen molar-refractivity contribution in [1.29, 1.82) is 0 Å². The number of aromatic nitrogens is 3. The van der Waals surface area contributed by atoms with Gasteiger partial charge >= 0.3 is 0 Å². The van der Waals surface area contributed by atoms with E-state index >= 15 is 0 Å². The Bertz CT molecular complexity index is 3260. The van der Waals surface area contributed by atoms with Gasteiger partial charge in [0.1, 0.15) is 0 Å². The fraction of sp³-hybridized carbons (Fsp3) is 0.0172. The molecule has 0 saturated heterocycles. The largest absolute Gasteiger partial charge is 0.310 e. The average Bonchev–Trinajstić information content (AvgIpc) is 3.65. The van der Waals surface area contributed by atoms with Gasteiger partial charge in [-0.05, 0) is 92.0 Å². The molecule has 10 aromatic rings. The summed E-state index contributed by atoms with van der Waals surface area (Å²) in [5.74, 6) is 1.89. The molecule has 1 spiro atoms. The Labute approximate surface area is 361 Å². The van der Waals surface area contributed by atoms with Gasteiger partial charge in [-0.3, -0.25) is 0 Å². The van der Waals surface area contributed by atoms with Crippen LogP contribution in [0.25, 0.3) is 67.5 Å². The second kappa shape index (κ2) is 14.5. The lowest BCUT2D eigenvalue weighted by Gasteiger charge is -2.45. The van der Waals surface area contributed by atoms with Crippen LogP contribution in [-0.4, -0.2) is 15.0 Å². The number of rotatable bonds is 6. The smallest absolute Gasteiger partial charge is 0.164 e. The standard InChI is InChI=1S/C58H38N4/c1-4-18-39(19-5-1)41-22-16-24-44(36-41)56-59-55(40-20-6-2-7-21-40)60-57(61-56)45-25-17-23-42(37-45)43-34-35-52-54(38-43)62(46-26-8-3-9-27-46)53-33-15-14-32-51(53)58(52)49-30-12-10-28-47(49)48-29-11-13-31-50(48)58/h1-38H. The summed E-state index contributed by atoms with van der Waals surface area (Å²) in [7, 11) is 0. The molecular formula is C58H38N4. The van der Waals surface area contributed by atoms with Crippen molar-refractivity contribution in [3.8, 4) is 67.5 Å². The molecule has 4 heteroatoms. The highest BCUT2D eigenvalue weighted by Crippen LogP contribution is 2.63. The van der Waals surface area contributed by atoms with Crippen LogP contribution >= 0.6 is 0 Å². The van der Waals surface area contributed by atoms with E-state index in [2.05, 4.69) is 211 Å². The summed E-state index contributed by atoms with van der Waals surface area (Å²) in [4.78, 5) is 17.8. The van der Waals surface area contributed by atoms with E-state index in [9.17, 15) is 0 Å². The third-order valence-corrected chi connectivity index (χ3v) is 12.5. The van der Waals surface area contributed by atoms with Gasteiger partial charge < -0.3 is 4.90 Å².